The molecule has 0 spiro atoms. The molecule has 0 saturated carbocycles. The molecule has 0 fully saturated rings. The summed E-state index contributed by atoms with van der Waals surface area (Å²) < 4.78 is 66.6. The Labute approximate surface area is 112 Å². The average molecular weight is 315 g/mol. The quantitative estimate of drug-likeness (QED) is 0.495. The van der Waals surface area contributed by atoms with E-state index >= 15 is 0 Å². The van der Waals surface area contributed by atoms with Crippen LogP contribution in [0.15, 0.2) is 12.1 Å². The molecule has 116 valence electrons. The zero-order valence-corrected chi connectivity index (χ0v) is 9.86. The van der Waals surface area contributed by atoms with E-state index in [1.165, 1.54) is 0 Å². The Morgan fingerprint density at radius 2 is 2.00 bits per heavy atom. The molecular weight excluding hydrogens is 309 g/mol. The maximum absolute atomic E-state index is 13.2. The molecule has 0 amide bonds. The SMILES string of the molecule is O=C(O)c1cc(OCC(F)(F)C(F)F)c([N+](=O)[O-])cc1F. The van der Waals surface area contributed by atoms with E-state index in [9.17, 15) is 36.9 Å². The minimum absolute atomic E-state index is 0.138. The molecule has 1 aromatic rings. The van der Waals surface area contributed by atoms with E-state index < -0.39 is 52.7 Å². The van der Waals surface area contributed by atoms with Gasteiger partial charge in [0.1, 0.15) is 5.82 Å². The fourth-order valence-corrected chi connectivity index (χ4v) is 1.20. The number of nitro groups is 1. The van der Waals surface area contributed by atoms with Crippen molar-refractivity contribution in [2.75, 3.05) is 6.61 Å². The van der Waals surface area contributed by atoms with E-state index in [1.54, 1.807) is 0 Å². The average Bonchev–Trinajstić information content (AvgIpc) is 2.36. The molecule has 0 heterocycles. The number of aromatic carboxylic acids is 1. The summed E-state index contributed by atoms with van der Waals surface area (Å²) in [5, 5.41) is 19.2. The topological polar surface area (TPSA) is 89.7 Å². The molecule has 6 nitrogen and oxygen atoms in total. The molecular formula is C10H6F5NO5. The van der Waals surface area contributed by atoms with Gasteiger partial charge in [0.25, 0.3) is 0 Å². The highest BCUT2D eigenvalue weighted by molar-refractivity contribution is 5.89. The molecule has 0 saturated heterocycles. The van der Waals surface area contributed by atoms with Gasteiger partial charge in [-0.25, -0.2) is 18.0 Å². The number of rotatable bonds is 6. The Hall–Kier alpha value is -2.46. The van der Waals surface area contributed by atoms with Crippen molar-refractivity contribution in [3.8, 4) is 5.75 Å². The molecule has 21 heavy (non-hydrogen) atoms. The maximum atomic E-state index is 13.2. The maximum Gasteiger partial charge on any atom is 0.340 e. The normalized spacial score (nSPS) is 11.5. The van der Waals surface area contributed by atoms with Gasteiger partial charge < -0.3 is 9.84 Å². The monoisotopic (exact) mass is 315 g/mol. The number of alkyl halides is 4. The Balaban J connectivity index is 3.18. The van der Waals surface area contributed by atoms with Crippen LogP contribution in [0.5, 0.6) is 5.75 Å². The second-order valence-corrected chi connectivity index (χ2v) is 3.71. The smallest absolute Gasteiger partial charge is 0.340 e. The highest BCUT2D eigenvalue weighted by Gasteiger charge is 2.42. The van der Waals surface area contributed by atoms with Gasteiger partial charge in [-0.2, -0.15) is 8.78 Å². The fourth-order valence-electron chi connectivity index (χ4n) is 1.20. The first kappa shape index (κ1) is 16.6. The summed E-state index contributed by atoms with van der Waals surface area (Å²) in [6.45, 7) is -1.93. The predicted octanol–water partition coefficient (Wildman–Crippen LogP) is 2.71. The van der Waals surface area contributed by atoms with Gasteiger partial charge >= 0.3 is 24.0 Å². The van der Waals surface area contributed by atoms with Gasteiger partial charge in [-0.1, -0.05) is 0 Å². The molecule has 1 N–H and O–H groups in total. The van der Waals surface area contributed by atoms with Crippen molar-refractivity contribution >= 4 is 11.7 Å². The fraction of sp³-hybridized carbons (Fsp3) is 0.300. The highest BCUT2D eigenvalue weighted by Crippen LogP contribution is 2.32. The molecule has 0 aliphatic heterocycles. The van der Waals surface area contributed by atoms with Crippen LogP contribution in [0.2, 0.25) is 0 Å². The Morgan fingerprint density at radius 3 is 2.43 bits per heavy atom. The Bertz CT molecular complexity index is 577. The van der Waals surface area contributed by atoms with Crippen molar-refractivity contribution in [2.24, 2.45) is 0 Å². The first-order valence-electron chi connectivity index (χ1n) is 5.06. The lowest BCUT2D eigenvalue weighted by atomic mass is 10.1. The van der Waals surface area contributed by atoms with Crippen molar-refractivity contribution < 1.29 is 41.5 Å². The van der Waals surface area contributed by atoms with Crippen LogP contribution in [0.4, 0.5) is 27.6 Å². The minimum atomic E-state index is -4.61. The summed E-state index contributed by atoms with van der Waals surface area (Å²) in [6, 6.07) is 0.413. The van der Waals surface area contributed by atoms with Crippen LogP contribution in [0, 0.1) is 15.9 Å². The summed E-state index contributed by atoms with van der Waals surface area (Å²) in [6.07, 6.45) is -4.09. The second kappa shape index (κ2) is 5.89. The number of carboxylic acid groups (broad SMARTS) is 1. The number of hydrogen-bond donors (Lipinski definition) is 1. The molecule has 0 atom stereocenters. The molecule has 1 rings (SSSR count). The van der Waals surface area contributed by atoms with Gasteiger partial charge in [-0.05, 0) is 0 Å². The Kier molecular flexibility index (Phi) is 4.66. The van der Waals surface area contributed by atoms with Crippen molar-refractivity contribution in [3.63, 3.8) is 0 Å². The number of nitrogens with zero attached hydrogens (tertiary/aromatic N) is 1. The summed E-state index contributed by atoms with van der Waals surface area (Å²) in [7, 11) is 0. The second-order valence-electron chi connectivity index (χ2n) is 3.71. The zero-order chi connectivity index (χ0) is 16.4. The minimum Gasteiger partial charge on any atom is -0.480 e. The van der Waals surface area contributed by atoms with Crippen molar-refractivity contribution in [1.29, 1.82) is 0 Å². The van der Waals surface area contributed by atoms with Gasteiger partial charge in [0, 0.05) is 6.07 Å². The van der Waals surface area contributed by atoms with E-state index in [0.717, 1.165) is 0 Å². The van der Waals surface area contributed by atoms with E-state index in [-0.39, 0.29) is 12.1 Å². The lowest BCUT2D eigenvalue weighted by Gasteiger charge is -2.16. The van der Waals surface area contributed by atoms with E-state index in [0.29, 0.717) is 0 Å². The molecule has 0 aliphatic carbocycles. The van der Waals surface area contributed by atoms with Gasteiger partial charge in [0.05, 0.1) is 16.6 Å². The van der Waals surface area contributed by atoms with Crippen LogP contribution in [-0.2, 0) is 0 Å². The number of carboxylic acids is 1. The number of hydrogen-bond acceptors (Lipinski definition) is 4. The molecule has 1 aromatic carbocycles. The number of nitro benzene ring substituents is 1. The molecule has 0 unspecified atom stereocenters. The Morgan fingerprint density at radius 1 is 1.43 bits per heavy atom. The van der Waals surface area contributed by atoms with Gasteiger partial charge in [0.2, 0.25) is 0 Å². The predicted molar refractivity (Wildman–Crippen MR) is 56.5 cm³/mol. The van der Waals surface area contributed by atoms with Crippen LogP contribution in [0.25, 0.3) is 0 Å². The number of benzene rings is 1. The van der Waals surface area contributed by atoms with Gasteiger partial charge in [-0.3, -0.25) is 10.1 Å². The third kappa shape index (κ3) is 3.77. The zero-order valence-electron chi connectivity index (χ0n) is 9.86. The standard InChI is InChI=1S/C10H6F5NO5/c11-5-2-6(16(19)20)7(1-4(5)8(17)18)21-3-10(14,15)9(12)13/h1-2,9H,3H2,(H,17,18). The number of ether oxygens (including phenoxy) is 1. The van der Waals surface area contributed by atoms with Crippen LogP contribution in [0.3, 0.4) is 0 Å². The molecule has 0 bridgehead atoms. The van der Waals surface area contributed by atoms with Crippen LogP contribution < -0.4 is 4.74 Å². The molecule has 0 radical (unpaired) electrons. The summed E-state index contributed by atoms with van der Waals surface area (Å²) in [4.78, 5) is 20.0. The van der Waals surface area contributed by atoms with Crippen LogP contribution in [0.1, 0.15) is 10.4 Å². The van der Waals surface area contributed by atoms with E-state index in [2.05, 4.69) is 4.74 Å². The third-order valence-electron chi connectivity index (χ3n) is 2.22. The third-order valence-corrected chi connectivity index (χ3v) is 2.22. The summed E-state index contributed by atoms with van der Waals surface area (Å²) >= 11 is 0. The summed E-state index contributed by atoms with van der Waals surface area (Å²) in [5.74, 6) is -9.00. The van der Waals surface area contributed by atoms with Crippen LogP contribution >= 0.6 is 0 Å². The molecule has 0 aromatic heterocycles. The first-order valence-corrected chi connectivity index (χ1v) is 5.06. The van der Waals surface area contributed by atoms with E-state index in [4.69, 9.17) is 5.11 Å². The number of carbonyl (C=O) groups is 1. The number of halogens is 5. The van der Waals surface area contributed by atoms with Crippen molar-refractivity contribution in [2.45, 2.75) is 12.3 Å². The van der Waals surface area contributed by atoms with Crippen molar-refractivity contribution in [3.05, 3.63) is 33.6 Å². The largest absolute Gasteiger partial charge is 0.480 e. The summed E-state index contributed by atoms with van der Waals surface area (Å²) in [5.41, 5.74) is -2.25. The van der Waals surface area contributed by atoms with E-state index in [1.807, 2.05) is 0 Å². The lowest BCUT2D eigenvalue weighted by molar-refractivity contribution is -0.386. The molecule has 0 aliphatic rings. The van der Waals surface area contributed by atoms with Crippen molar-refractivity contribution in [1.82, 2.24) is 0 Å². The first-order chi connectivity index (χ1) is 9.56. The lowest BCUT2D eigenvalue weighted by Crippen LogP contribution is -2.33. The molecule has 11 heteroatoms. The highest BCUT2D eigenvalue weighted by atomic mass is 19.3. The van der Waals surface area contributed by atoms with Gasteiger partial charge in [-0.15, -0.1) is 0 Å². The van der Waals surface area contributed by atoms with Crippen LogP contribution in [-0.4, -0.2) is 35.0 Å². The van der Waals surface area contributed by atoms with Gasteiger partial charge in [0.15, 0.2) is 12.4 Å².